The van der Waals surface area contributed by atoms with Crippen molar-refractivity contribution in [2.24, 2.45) is 0 Å². The third-order valence-electron chi connectivity index (χ3n) is 5.41. The molecule has 0 aliphatic carbocycles. The average molecular weight is 515 g/mol. The van der Waals surface area contributed by atoms with E-state index in [9.17, 15) is 18.0 Å². The van der Waals surface area contributed by atoms with Gasteiger partial charge in [0, 0.05) is 17.5 Å². The van der Waals surface area contributed by atoms with Crippen LogP contribution in [0, 0.1) is 0 Å². The number of hydrogen-bond donors (Lipinski definition) is 2. The van der Waals surface area contributed by atoms with Crippen LogP contribution in [0.1, 0.15) is 34.6 Å². The summed E-state index contributed by atoms with van der Waals surface area (Å²) in [5.41, 5.74) is 0.575. The molecule has 0 radical (unpaired) electrons. The summed E-state index contributed by atoms with van der Waals surface area (Å²) in [5.74, 6) is 0.174. The first-order valence-electron chi connectivity index (χ1n) is 10.0. The molecule has 1 aliphatic rings. The van der Waals surface area contributed by atoms with Crippen molar-refractivity contribution in [2.45, 2.75) is 24.7 Å². The molecule has 0 bridgehead atoms. The zero-order valence-electron chi connectivity index (χ0n) is 17.9. The molecule has 2 heterocycles. The van der Waals surface area contributed by atoms with Crippen molar-refractivity contribution in [1.82, 2.24) is 9.78 Å². The highest BCUT2D eigenvalue weighted by Gasteiger charge is 2.47. The molecule has 1 aliphatic heterocycles. The number of methoxy groups -OCH3 is 2. The third-order valence-corrected chi connectivity index (χ3v) is 5.97. The molecule has 0 saturated heterocycles. The number of alkyl halides is 3. The predicted octanol–water partition coefficient (Wildman–Crippen LogP) is 6.12. The average Bonchev–Trinajstić information content (AvgIpc) is 3.24. The van der Waals surface area contributed by atoms with Crippen LogP contribution < -0.4 is 20.1 Å². The Morgan fingerprint density at radius 3 is 2.53 bits per heavy atom. The number of anilines is 2. The summed E-state index contributed by atoms with van der Waals surface area (Å²) in [7, 11) is 2.92. The summed E-state index contributed by atoms with van der Waals surface area (Å²) in [5, 5.41) is 10.1. The van der Waals surface area contributed by atoms with Gasteiger partial charge in [-0.1, -0.05) is 29.3 Å². The SMILES string of the molecule is COc1ccc(C2CC(C(F)(F)F)n3nc(C(=O)Nc4cc(Cl)ccc4Cl)cc3N2)cc1OC. The van der Waals surface area contributed by atoms with E-state index >= 15 is 0 Å². The van der Waals surface area contributed by atoms with Crippen molar-refractivity contribution in [3.63, 3.8) is 0 Å². The molecule has 180 valence electrons. The number of rotatable bonds is 5. The van der Waals surface area contributed by atoms with E-state index in [0.29, 0.717) is 22.1 Å². The van der Waals surface area contributed by atoms with Crippen LogP contribution in [0.3, 0.4) is 0 Å². The molecular weight excluding hydrogens is 496 g/mol. The lowest BCUT2D eigenvalue weighted by Crippen LogP contribution is -2.35. The van der Waals surface area contributed by atoms with Crippen molar-refractivity contribution >= 4 is 40.6 Å². The molecule has 3 aromatic rings. The number of aromatic nitrogens is 2. The smallest absolute Gasteiger partial charge is 0.410 e. The van der Waals surface area contributed by atoms with Gasteiger partial charge >= 0.3 is 6.18 Å². The number of halogens is 5. The Kier molecular flexibility index (Phi) is 6.55. The molecule has 7 nitrogen and oxygen atoms in total. The lowest BCUT2D eigenvalue weighted by atomic mass is 9.96. The second-order valence-electron chi connectivity index (χ2n) is 7.54. The standard InChI is InChI=1S/C22H19Cl2F3N4O3/c1-33-17-6-3-11(7-18(17)34-2)14-9-19(22(25,26)27)31-20(28-14)10-16(30-31)21(32)29-15-8-12(23)4-5-13(15)24/h3-8,10,14,19,28H,9H2,1-2H3,(H,29,32). The quantitative estimate of drug-likeness (QED) is 0.428. The molecule has 2 N–H and O–H groups in total. The van der Waals surface area contributed by atoms with Crippen LogP contribution in [-0.2, 0) is 0 Å². The Balaban J connectivity index is 1.66. The molecule has 2 unspecified atom stereocenters. The first kappa shape index (κ1) is 24.0. The molecule has 1 aromatic heterocycles. The summed E-state index contributed by atoms with van der Waals surface area (Å²) in [4.78, 5) is 12.7. The largest absolute Gasteiger partial charge is 0.493 e. The molecular formula is C22H19Cl2F3N4O3. The minimum absolute atomic E-state index is 0.0516. The van der Waals surface area contributed by atoms with E-state index in [-0.39, 0.29) is 28.6 Å². The zero-order chi connectivity index (χ0) is 24.6. The fourth-order valence-electron chi connectivity index (χ4n) is 3.75. The summed E-state index contributed by atoms with van der Waals surface area (Å²) >= 11 is 12.0. The van der Waals surface area contributed by atoms with Gasteiger partial charge in [-0.25, -0.2) is 4.68 Å². The van der Waals surface area contributed by atoms with Crippen molar-refractivity contribution in [2.75, 3.05) is 24.9 Å². The Hall–Kier alpha value is -3.11. The van der Waals surface area contributed by atoms with Gasteiger partial charge in [0.25, 0.3) is 5.91 Å². The van der Waals surface area contributed by atoms with Crippen LogP contribution in [0.5, 0.6) is 11.5 Å². The maximum absolute atomic E-state index is 14.0. The van der Waals surface area contributed by atoms with Crippen LogP contribution in [0.15, 0.2) is 42.5 Å². The number of fused-ring (bicyclic) bond motifs is 1. The van der Waals surface area contributed by atoms with E-state index in [1.807, 2.05) is 0 Å². The van der Waals surface area contributed by atoms with Gasteiger partial charge in [0.05, 0.1) is 31.0 Å². The normalized spacial score (nSPS) is 17.5. The second-order valence-corrected chi connectivity index (χ2v) is 8.39. The van der Waals surface area contributed by atoms with Gasteiger partial charge in [-0.2, -0.15) is 18.3 Å². The van der Waals surface area contributed by atoms with Crippen molar-refractivity contribution in [3.8, 4) is 11.5 Å². The van der Waals surface area contributed by atoms with E-state index in [4.69, 9.17) is 32.7 Å². The maximum atomic E-state index is 14.0. The van der Waals surface area contributed by atoms with Crippen LogP contribution >= 0.6 is 23.2 Å². The minimum Gasteiger partial charge on any atom is -0.493 e. The number of carbonyl (C=O) groups excluding carboxylic acids is 1. The Labute approximate surface area is 202 Å². The summed E-state index contributed by atoms with van der Waals surface area (Å²) in [6, 6.07) is 7.97. The van der Waals surface area contributed by atoms with Gasteiger partial charge in [-0.05, 0) is 35.9 Å². The lowest BCUT2D eigenvalue weighted by Gasteiger charge is -2.33. The number of nitrogens with one attached hydrogen (secondary N) is 2. The van der Waals surface area contributed by atoms with Gasteiger partial charge in [0.15, 0.2) is 23.2 Å². The highest BCUT2D eigenvalue weighted by molar-refractivity contribution is 6.35. The number of amides is 1. The molecule has 2 aromatic carbocycles. The van der Waals surface area contributed by atoms with Crippen molar-refractivity contribution in [3.05, 3.63) is 63.8 Å². The van der Waals surface area contributed by atoms with Crippen LogP contribution in [0.2, 0.25) is 10.0 Å². The van der Waals surface area contributed by atoms with Crippen LogP contribution in [-0.4, -0.2) is 36.1 Å². The number of carbonyl (C=O) groups is 1. The van der Waals surface area contributed by atoms with E-state index in [1.54, 1.807) is 24.3 Å². The predicted molar refractivity (Wildman–Crippen MR) is 122 cm³/mol. The fourth-order valence-corrected chi connectivity index (χ4v) is 4.09. The van der Waals surface area contributed by atoms with Crippen molar-refractivity contribution < 1.29 is 27.4 Å². The molecule has 4 rings (SSSR count). The van der Waals surface area contributed by atoms with E-state index < -0.39 is 24.2 Å². The summed E-state index contributed by atoms with van der Waals surface area (Å²) < 4.78 is 53.1. The molecule has 0 saturated carbocycles. The molecule has 2 atom stereocenters. The van der Waals surface area contributed by atoms with E-state index in [1.165, 1.54) is 32.4 Å². The highest BCUT2D eigenvalue weighted by atomic mass is 35.5. The van der Waals surface area contributed by atoms with Crippen LogP contribution in [0.25, 0.3) is 0 Å². The molecule has 12 heteroatoms. The second kappa shape index (κ2) is 9.27. The van der Waals surface area contributed by atoms with Gasteiger partial charge in [0.1, 0.15) is 5.82 Å². The highest BCUT2D eigenvalue weighted by Crippen LogP contribution is 2.44. The monoisotopic (exact) mass is 514 g/mol. The lowest BCUT2D eigenvalue weighted by molar-refractivity contribution is -0.173. The summed E-state index contributed by atoms with van der Waals surface area (Å²) in [6.07, 6.45) is -4.93. The third kappa shape index (κ3) is 4.74. The maximum Gasteiger partial charge on any atom is 0.410 e. The van der Waals surface area contributed by atoms with Gasteiger partial charge in [-0.3, -0.25) is 4.79 Å². The molecule has 0 spiro atoms. The Bertz CT molecular complexity index is 1230. The van der Waals surface area contributed by atoms with Gasteiger partial charge in [0.2, 0.25) is 0 Å². The number of hydrogen-bond acceptors (Lipinski definition) is 5. The molecule has 0 fully saturated rings. The van der Waals surface area contributed by atoms with E-state index in [0.717, 1.165) is 4.68 Å². The Morgan fingerprint density at radius 1 is 1.12 bits per heavy atom. The van der Waals surface area contributed by atoms with Crippen LogP contribution in [0.4, 0.5) is 24.7 Å². The Morgan fingerprint density at radius 2 is 1.85 bits per heavy atom. The molecule has 34 heavy (non-hydrogen) atoms. The zero-order valence-corrected chi connectivity index (χ0v) is 19.4. The number of nitrogens with zero attached hydrogens (tertiary/aromatic N) is 2. The minimum atomic E-state index is -4.60. The van der Waals surface area contributed by atoms with E-state index in [2.05, 4.69) is 15.7 Å². The first-order chi connectivity index (χ1) is 16.1. The van der Waals surface area contributed by atoms with Gasteiger partial charge < -0.3 is 20.1 Å². The number of benzene rings is 2. The number of ether oxygens (including phenoxy) is 2. The summed E-state index contributed by atoms with van der Waals surface area (Å²) in [6.45, 7) is 0. The fraction of sp³-hybridized carbons (Fsp3) is 0.273. The first-order valence-corrected chi connectivity index (χ1v) is 10.8. The van der Waals surface area contributed by atoms with Gasteiger partial charge in [-0.15, -0.1) is 0 Å². The molecule has 1 amide bonds. The van der Waals surface area contributed by atoms with Crippen molar-refractivity contribution in [1.29, 1.82) is 0 Å². The topological polar surface area (TPSA) is 77.4 Å².